The van der Waals surface area contributed by atoms with Crippen molar-refractivity contribution < 1.29 is 9.53 Å². The molecule has 0 aliphatic carbocycles. The summed E-state index contributed by atoms with van der Waals surface area (Å²) in [6.45, 7) is 0.455. The first-order chi connectivity index (χ1) is 12.8. The number of anilines is 1. The highest BCUT2D eigenvalue weighted by atomic mass is 16.5. The summed E-state index contributed by atoms with van der Waals surface area (Å²) in [5.74, 6) is 0.729. The predicted molar refractivity (Wildman–Crippen MR) is 99.9 cm³/mol. The van der Waals surface area contributed by atoms with Crippen LogP contribution in [-0.4, -0.2) is 22.9 Å². The lowest BCUT2D eigenvalue weighted by atomic mass is 10.0. The van der Waals surface area contributed by atoms with Crippen molar-refractivity contribution in [2.45, 2.75) is 12.7 Å². The molecule has 0 spiro atoms. The highest BCUT2D eigenvalue weighted by Crippen LogP contribution is 2.37. The number of nitrogens with one attached hydrogen (secondary N) is 1. The van der Waals surface area contributed by atoms with Crippen LogP contribution in [0.4, 0.5) is 5.69 Å². The second-order valence-electron chi connectivity index (χ2n) is 6.13. The molecule has 0 unspecified atom stereocenters. The van der Waals surface area contributed by atoms with Crippen LogP contribution >= 0.6 is 0 Å². The summed E-state index contributed by atoms with van der Waals surface area (Å²) in [5.41, 5.74) is 3.39. The van der Waals surface area contributed by atoms with Gasteiger partial charge in [-0.05, 0) is 29.8 Å². The fraction of sp³-hybridized carbons (Fsp3) is 0.143. The van der Waals surface area contributed by atoms with Crippen molar-refractivity contribution in [2.24, 2.45) is 0 Å². The van der Waals surface area contributed by atoms with Crippen molar-refractivity contribution in [2.75, 3.05) is 12.4 Å². The summed E-state index contributed by atoms with van der Waals surface area (Å²) in [6, 6.07) is 19.2. The molecule has 1 atom stereocenters. The van der Waals surface area contributed by atoms with Gasteiger partial charge in [0.25, 0.3) is 5.91 Å². The number of para-hydroxylation sites is 2. The van der Waals surface area contributed by atoms with E-state index in [4.69, 9.17) is 4.74 Å². The van der Waals surface area contributed by atoms with Gasteiger partial charge >= 0.3 is 0 Å². The van der Waals surface area contributed by atoms with Crippen LogP contribution in [0, 0.1) is 0 Å². The lowest BCUT2D eigenvalue weighted by Gasteiger charge is -2.38. The van der Waals surface area contributed by atoms with Gasteiger partial charge in [0.15, 0.2) is 0 Å². The lowest BCUT2D eigenvalue weighted by Crippen LogP contribution is -2.42. The Morgan fingerprint density at radius 3 is 2.69 bits per heavy atom. The second-order valence-corrected chi connectivity index (χ2v) is 6.13. The lowest BCUT2D eigenvalue weighted by molar-refractivity contribution is 0.0664. The summed E-state index contributed by atoms with van der Waals surface area (Å²) >= 11 is 0. The molecule has 1 aromatic heterocycles. The minimum atomic E-state index is -0.325. The number of nitrogens with zero attached hydrogens (tertiary/aromatic N) is 2. The highest BCUT2D eigenvalue weighted by molar-refractivity contribution is 6.01. The SMILES string of the molecule is COc1ccccc1[C@H]1Nc2ccccc2C(=O)N1Cc1cccnc1. The monoisotopic (exact) mass is 345 g/mol. The first-order valence-electron chi connectivity index (χ1n) is 8.46. The Hall–Kier alpha value is -3.34. The van der Waals surface area contributed by atoms with Gasteiger partial charge in [0.2, 0.25) is 0 Å². The normalized spacial score (nSPS) is 16.0. The van der Waals surface area contributed by atoms with E-state index < -0.39 is 0 Å². The number of hydrogen-bond donors (Lipinski definition) is 1. The molecule has 0 fully saturated rings. The van der Waals surface area contributed by atoms with Crippen LogP contribution in [-0.2, 0) is 6.54 Å². The maximum Gasteiger partial charge on any atom is 0.258 e. The molecule has 1 aliphatic heterocycles. The third kappa shape index (κ3) is 2.88. The fourth-order valence-electron chi connectivity index (χ4n) is 3.28. The number of pyridine rings is 1. The van der Waals surface area contributed by atoms with Gasteiger partial charge in [-0.1, -0.05) is 36.4 Å². The second kappa shape index (κ2) is 6.88. The van der Waals surface area contributed by atoms with E-state index in [2.05, 4.69) is 10.3 Å². The van der Waals surface area contributed by atoms with Gasteiger partial charge in [0.05, 0.1) is 12.7 Å². The molecular formula is C21H19N3O2. The van der Waals surface area contributed by atoms with Crippen LogP contribution in [0.1, 0.15) is 27.7 Å². The maximum atomic E-state index is 13.2. The molecule has 1 amide bonds. The van der Waals surface area contributed by atoms with Crippen LogP contribution in [0.2, 0.25) is 0 Å². The van der Waals surface area contributed by atoms with Crippen molar-refractivity contribution in [3.63, 3.8) is 0 Å². The van der Waals surface area contributed by atoms with Crippen molar-refractivity contribution in [1.82, 2.24) is 9.88 Å². The molecule has 4 rings (SSSR count). The molecule has 0 radical (unpaired) electrons. The van der Waals surface area contributed by atoms with E-state index in [9.17, 15) is 4.79 Å². The largest absolute Gasteiger partial charge is 0.496 e. The zero-order valence-electron chi connectivity index (χ0n) is 14.4. The number of benzene rings is 2. The van der Waals surface area contributed by atoms with Crippen LogP contribution in [0.3, 0.4) is 0 Å². The standard InChI is InChI=1S/C21H19N3O2/c1-26-19-11-5-3-9-17(19)20-23-18-10-4-2-8-16(18)21(25)24(20)14-15-7-6-12-22-13-15/h2-13,20,23H,14H2,1H3/t20-/m0/s1. The third-order valence-corrected chi connectivity index (χ3v) is 4.53. The van der Waals surface area contributed by atoms with Gasteiger partial charge < -0.3 is 15.0 Å². The number of hydrogen-bond acceptors (Lipinski definition) is 4. The molecule has 2 aromatic carbocycles. The number of methoxy groups -OCH3 is 1. The summed E-state index contributed by atoms with van der Waals surface area (Å²) in [7, 11) is 1.64. The van der Waals surface area contributed by atoms with Gasteiger partial charge in [-0.25, -0.2) is 0 Å². The Labute approximate surface area is 152 Å². The number of amides is 1. The number of aromatic nitrogens is 1. The Morgan fingerprint density at radius 2 is 1.88 bits per heavy atom. The minimum Gasteiger partial charge on any atom is -0.496 e. The molecule has 130 valence electrons. The van der Waals surface area contributed by atoms with Crippen LogP contribution in [0.15, 0.2) is 73.1 Å². The zero-order chi connectivity index (χ0) is 17.9. The smallest absolute Gasteiger partial charge is 0.258 e. The first kappa shape index (κ1) is 16.1. The van der Waals surface area contributed by atoms with Crippen LogP contribution in [0.25, 0.3) is 0 Å². The Bertz CT molecular complexity index is 927. The van der Waals surface area contributed by atoms with Gasteiger partial charge in [-0.15, -0.1) is 0 Å². The van der Waals surface area contributed by atoms with E-state index in [1.54, 1.807) is 19.5 Å². The molecule has 5 heteroatoms. The van der Waals surface area contributed by atoms with Gasteiger partial charge in [0, 0.05) is 30.2 Å². The minimum absolute atomic E-state index is 0.0147. The number of fused-ring (bicyclic) bond motifs is 1. The molecule has 1 N–H and O–H groups in total. The van der Waals surface area contributed by atoms with E-state index in [0.717, 1.165) is 22.6 Å². The quantitative estimate of drug-likeness (QED) is 0.780. The zero-order valence-corrected chi connectivity index (χ0v) is 14.4. The maximum absolute atomic E-state index is 13.2. The predicted octanol–water partition coefficient (Wildman–Crippen LogP) is 3.86. The van der Waals surface area contributed by atoms with E-state index in [0.29, 0.717) is 12.1 Å². The topological polar surface area (TPSA) is 54.5 Å². The van der Waals surface area contributed by atoms with E-state index in [1.165, 1.54) is 0 Å². The summed E-state index contributed by atoms with van der Waals surface area (Å²) in [4.78, 5) is 19.2. The van der Waals surface area contributed by atoms with Crippen LogP contribution < -0.4 is 10.1 Å². The molecule has 26 heavy (non-hydrogen) atoms. The summed E-state index contributed by atoms with van der Waals surface area (Å²) in [6.07, 6.45) is 3.19. The summed E-state index contributed by atoms with van der Waals surface area (Å²) < 4.78 is 5.53. The average Bonchev–Trinajstić information content (AvgIpc) is 2.71. The molecule has 0 bridgehead atoms. The van der Waals surface area contributed by atoms with E-state index >= 15 is 0 Å². The Balaban J connectivity index is 1.79. The molecule has 2 heterocycles. The fourth-order valence-corrected chi connectivity index (χ4v) is 3.28. The number of rotatable bonds is 4. The van der Waals surface area contributed by atoms with Gasteiger partial charge in [0.1, 0.15) is 11.9 Å². The highest BCUT2D eigenvalue weighted by Gasteiger charge is 2.34. The molecule has 3 aromatic rings. The Morgan fingerprint density at radius 1 is 1.08 bits per heavy atom. The number of ether oxygens (including phenoxy) is 1. The molecule has 0 saturated carbocycles. The van der Waals surface area contributed by atoms with Gasteiger partial charge in [-0.3, -0.25) is 9.78 Å². The molecule has 5 nitrogen and oxygen atoms in total. The molecular weight excluding hydrogens is 326 g/mol. The van der Waals surface area contributed by atoms with Crippen molar-refractivity contribution >= 4 is 11.6 Å². The van der Waals surface area contributed by atoms with E-state index in [1.807, 2.05) is 65.6 Å². The molecule has 0 saturated heterocycles. The number of carbonyl (C=O) groups excluding carboxylic acids is 1. The van der Waals surface area contributed by atoms with Crippen molar-refractivity contribution in [3.8, 4) is 5.75 Å². The van der Waals surface area contributed by atoms with Crippen molar-refractivity contribution in [3.05, 3.63) is 89.7 Å². The Kier molecular flexibility index (Phi) is 4.27. The first-order valence-corrected chi connectivity index (χ1v) is 8.46. The van der Waals surface area contributed by atoms with E-state index in [-0.39, 0.29) is 12.1 Å². The average molecular weight is 345 g/mol. The van der Waals surface area contributed by atoms with Crippen molar-refractivity contribution in [1.29, 1.82) is 0 Å². The van der Waals surface area contributed by atoms with Gasteiger partial charge in [-0.2, -0.15) is 0 Å². The summed E-state index contributed by atoms with van der Waals surface area (Å²) in [5, 5.41) is 3.49. The van der Waals surface area contributed by atoms with Crippen LogP contribution in [0.5, 0.6) is 5.75 Å². The molecule has 1 aliphatic rings. The number of carbonyl (C=O) groups is 1. The third-order valence-electron chi connectivity index (χ3n) is 4.53.